The van der Waals surface area contributed by atoms with Gasteiger partial charge in [-0.25, -0.2) is 0 Å². The highest BCUT2D eigenvalue weighted by Crippen LogP contribution is 2.24. The molecule has 0 saturated carbocycles. The molecule has 3 amide bonds. The zero-order valence-electron chi connectivity index (χ0n) is 17.4. The zero-order chi connectivity index (χ0) is 22.5. The van der Waals surface area contributed by atoms with Gasteiger partial charge in [0.2, 0.25) is 11.8 Å². The summed E-state index contributed by atoms with van der Waals surface area (Å²) in [6.45, 7) is 3.72. The minimum Gasteiger partial charge on any atom is -0.350 e. The number of likely N-dealkylation sites (tertiary alicyclic amines) is 1. The topological polar surface area (TPSA) is 122 Å². The van der Waals surface area contributed by atoms with Crippen LogP contribution in [0.5, 0.6) is 0 Å². The van der Waals surface area contributed by atoms with Crippen LogP contribution in [0.2, 0.25) is 0 Å². The highest BCUT2D eigenvalue weighted by atomic mass is 16.6. The molecule has 0 aromatic heterocycles. The van der Waals surface area contributed by atoms with Crippen LogP contribution in [-0.4, -0.2) is 40.1 Å². The van der Waals surface area contributed by atoms with E-state index in [2.05, 4.69) is 10.6 Å². The summed E-state index contributed by atoms with van der Waals surface area (Å²) < 4.78 is 0. The van der Waals surface area contributed by atoms with Gasteiger partial charge in [0.1, 0.15) is 6.04 Å². The molecule has 0 aliphatic carbocycles. The molecular weight excluding hydrogens is 400 g/mol. The lowest BCUT2D eigenvalue weighted by molar-refractivity contribution is -0.385. The number of carbonyl (C=O) groups excluding carboxylic acids is 3. The third-order valence-electron chi connectivity index (χ3n) is 5.17. The van der Waals surface area contributed by atoms with Gasteiger partial charge in [-0.1, -0.05) is 12.1 Å². The van der Waals surface area contributed by atoms with Crippen molar-refractivity contribution in [3.63, 3.8) is 0 Å². The number of hydrogen-bond donors (Lipinski definition) is 2. The Balaban J connectivity index is 1.66. The van der Waals surface area contributed by atoms with Gasteiger partial charge in [-0.05, 0) is 49.6 Å². The average Bonchev–Trinajstić information content (AvgIpc) is 3.21. The quantitative estimate of drug-likeness (QED) is 0.545. The first kappa shape index (κ1) is 21.9. The second kappa shape index (κ2) is 9.38. The standard InChI is InChI=1S/C22H24N4O5/c1-14-11-17(8-9-19(14)26(30)31)22(29)25-10-4-7-20(25)21(28)23-13-16-5-3-6-18(12-16)24-15(2)27/h3,5-6,8-9,11-12,20H,4,7,10,13H2,1-2H3,(H,23,28)(H,24,27). The molecule has 162 valence electrons. The van der Waals surface area contributed by atoms with E-state index in [0.717, 1.165) is 5.56 Å². The molecule has 1 fully saturated rings. The van der Waals surface area contributed by atoms with E-state index in [1.165, 1.54) is 30.0 Å². The number of rotatable bonds is 6. The normalized spacial score (nSPS) is 15.4. The minimum atomic E-state index is -0.596. The molecule has 1 saturated heterocycles. The molecule has 0 spiro atoms. The van der Waals surface area contributed by atoms with Crippen LogP contribution >= 0.6 is 0 Å². The number of nitrogens with zero attached hydrogens (tertiary/aromatic N) is 2. The first-order chi connectivity index (χ1) is 14.8. The highest BCUT2D eigenvalue weighted by Gasteiger charge is 2.34. The lowest BCUT2D eigenvalue weighted by Gasteiger charge is -2.24. The molecule has 0 bridgehead atoms. The van der Waals surface area contributed by atoms with Crippen LogP contribution in [0.3, 0.4) is 0 Å². The van der Waals surface area contributed by atoms with Crippen LogP contribution in [0.1, 0.15) is 41.3 Å². The van der Waals surface area contributed by atoms with Crippen molar-refractivity contribution in [2.24, 2.45) is 0 Å². The van der Waals surface area contributed by atoms with Gasteiger partial charge in [-0.3, -0.25) is 24.5 Å². The Morgan fingerprint density at radius 1 is 1.19 bits per heavy atom. The molecule has 2 aromatic carbocycles. The molecule has 2 aromatic rings. The summed E-state index contributed by atoms with van der Waals surface area (Å²) >= 11 is 0. The second-order valence-electron chi connectivity index (χ2n) is 7.51. The smallest absolute Gasteiger partial charge is 0.272 e. The van der Waals surface area contributed by atoms with Gasteiger partial charge in [0.25, 0.3) is 11.6 Å². The van der Waals surface area contributed by atoms with E-state index in [-0.39, 0.29) is 30.0 Å². The second-order valence-corrected chi connectivity index (χ2v) is 7.51. The number of carbonyl (C=O) groups is 3. The van der Waals surface area contributed by atoms with Crippen LogP contribution in [0, 0.1) is 17.0 Å². The van der Waals surface area contributed by atoms with Crippen molar-refractivity contribution in [1.29, 1.82) is 0 Å². The number of hydrogen-bond acceptors (Lipinski definition) is 5. The molecule has 31 heavy (non-hydrogen) atoms. The van der Waals surface area contributed by atoms with E-state index in [1.54, 1.807) is 25.1 Å². The maximum atomic E-state index is 13.0. The Hall–Kier alpha value is -3.75. The first-order valence-corrected chi connectivity index (χ1v) is 9.96. The van der Waals surface area contributed by atoms with Gasteiger partial charge >= 0.3 is 0 Å². The molecule has 2 N–H and O–H groups in total. The zero-order valence-corrected chi connectivity index (χ0v) is 17.4. The number of nitro groups is 1. The van der Waals surface area contributed by atoms with Crippen LogP contribution in [0.25, 0.3) is 0 Å². The molecule has 9 heteroatoms. The lowest BCUT2D eigenvalue weighted by atomic mass is 10.1. The van der Waals surface area contributed by atoms with Crippen molar-refractivity contribution < 1.29 is 19.3 Å². The van der Waals surface area contributed by atoms with Crippen molar-refractivity contribution in [3.8, 4) is 0 Å². The fraction of sp³-hybridized carbons (Fsp3) is 0.318. The Kier molecular flexibility index (Phi) is 6.64. The van der Waals surface area contributed by atoms with Crippen LogP contribution in [0.4, 0.5) is 11.4 Å². The Morgan fingerprint density at radius 3 is 2.65 bits per heavy atom. The SMILES string of the molecule is CC(=O)Nc1cccc(CNC(=O)C2CCCN2C(=O)c2ccc([N+](=O)[O-])c(C)c2)c1. The van der Waals surface area contributed by atoms with Crippen LogP contribution in [-0.2, 0) is 16.1 Å². The van der Waals surface area contributed by atoms with E-state index in [1.807, 2.05) is 6.07 Å². The van der Waals surface area contributed by atoms with Crippen molar-refractivity contribution in [1.82, 2.24) is 10.2 Å². The van der Waals surface area contributed by atoms with Crippen molar-refractivity contribution in [2.45, 2.75) is 39.3 Å². The average molecular weight is 424 g/mol. The third kappa shape index (κ3) is 5.25. The van der Waals surface area contributed by atoms with E-state index in [4.69, 9.17) is 0 Å². The van der Waals surface area contributed by atoms with Gasteiger partial charge in [-0.15, -0.1) is 0 Å². The van der Waals surface area contributed by atoms with Gasteiger partial charge in [-0.2, -0.15) is 0 Å². The van der Waals surface area contributed by atoms with Gasteiger partial charge < -0.3 is 15.5 Å². The Bertz CT molecular complexity index is 1040. The number of nitrogens with one attached hydrogen (secondary N) is 2. The minimum absolute atomic E-state index is 0.0474. The molecule has 3 rings (SSSR count). The molecule has 1 heterocycles. The molecule has 1 aliphatic rings. The predicted octanol–water partition coefficient (Wildman–Crippen LogP) is 2.78. The number of amides is 3. The van der Waals surface area contributed by atoms with Gasteiger partial charge in [0, 0.05) is 42.9 Å². The van der Waals surface area contributed by atoms with Crippen molar-refractivity contribution >= 4 is 29.1 Å². The number of nitro benzene ring substituents is 1. The fourth-order valence-electron chi connectivity index (χ4n) is 3.71. The highest BCUT2D eigenvalue weighted by molar-refractivity contribution is 5.98. The summed E-state index contributed by atoms with van der Waals surface area (Å²) in [4.78, 5) is 49.0. The van der Waals surface area contributed by atoms with E-state index in [9.17, 15) is 24.5 Å². The summed E-state index contributed by atoms with van der Waals surface area (Å²) in [7, 11) is 0. The maximum absolute atomic E-state index is 13.0. The molecule has 0 radical (unpaired) electrons. The molecule has 1 aliphatic heterocycles. The van der Waals surface area contributed by atoms with E-state index in [0.29, 0.717) is 36.2 Å². The summed E-state index contributed by atoms with van der Waals surface area (Å²) in [5.74, 6) is -0.750. The van der Waals surface area contributed by atoms with Crippen LogP contribution < -0.4 is 10.6 Å². The fourth-order valence-corrected chi connectivity index (χ4v) is 3.71. The summed E-state index contributed by atoms with van der Waals surface area (Å²) in [5.41, 5.74) is 2.14. The molecule has 9 nitrogen and oxygen atoms in total. The Labute approximate surface area is 179 Å². The van der Waals surface area contributed by atoms with Gasteiger partial charge in [0.15, 0.2) is 0 Å². The first-order valence-electron chi connectivity index (χ1n) is 9.96. The van der Waals surface area contributed by atoms with E-state index >= 15 is 0 Å². The monoisotopic (exact) mass is 424 g/mol. The maximum Gasteiger partial charge on any atom is 0.272 e. The number of benzene rings is 2. The van der Waals surface area contributed by atoms with Crippen molar-refractivity contribution in [2.75, 3.05) is 11.9 Å². The summed E-state index contributed by atoms with van der Waals surface area (Å²) in [6, 6.07) is 10.8. The third-order valence-corrected chi connectivity index (χ3v) is 5.17. The van der Waals surface area contributed by atoms with Crippen LogP contribution in [0.15, 0.2) is 42.5 Å². The lowest BCUT2D eigenvalue weighted by Crippen LogP contribution is -2.45. The number of aryl methyl sites for hydroxylation is 1. The van der Waals surface area contributed by atoms with Gasteiger partial charge in [0.05, 0.1) is 4.92 Å². The number of anilines is 1. The largest absolute Gasteiger partial charge is 0.350 e. The molecule has 1 unspecified atom stereocenters. The Morgan fingerprint density at radius 2 is 1.97 bits per heavy atom. The summed E-state index contributed by atoms with van der Waals surface area (Å²) in [5, 5.41) is 16.6. The summed E-state index contributed by atoms with van der Waals surface area (Å²) in [6.07, 6.45) is 1.25. The molecular formula is C22H24N4O5. The predicted molar refractivity (Wildman–Crippen MR) is 114 cm³/mol. The molecule has 1 atom stereocenters. The van der Waals surface area contributed by atoms with E-state index < -0.39 is 11.0 Å². The van der Waals surface area contributed by atoms with Crippen molar-refractivity contribution in [3.05, 3.63) is 69.3 Å².